The topological polar surface area (TPSA) is 70.3 Å². The van der Waals surface area contributed by atoms with Crippen LogP contribution in [0.5, 0.6) is 0 Å². The Morgan fingerprint density at radius 1 is 1.42 bits per heavy atom. The summed E-state index contributed by atoms with van der Waals surface area (Å²) in [6.45, 7) is 4.33. The van der Waals surface area contributed by atoms with E-state index in [2.05, 4.69) is 46.2 Å². The summed E-state index contributed by atoms with van der Waals surface area (Å²) in [6, 6.07) is 2.46. The van der Waals surface area contributed by atoms with Crippen LogP contribution in [-0.4, -0.2) is 48.1 Å². The van der Waals surface area contributed by atoms with Crippen molar-refractivity contribution in [2.24, 2.45) is 5.84 Å². The Balaban J connectivity index is 2.15. The summed E-state index contributed by atoms with van der Waals surface area (Å²) >= 11 is 0. The Hall–Kier alpha value is -1.40. The molecule has 1 saturated heterocycles. The van der Waals surface area contributed by atoms with Gasteiger partial charge < -0.3 is 15.2 Å². The number of aryl methyl sites for hydroxylation is 1. The fraction of sp³-hybridized carbons (Fsp3) is 0.692. The summed E-state index contributed by atoms with van der Waals surface area (Å²) in [4.78, 5) is 13.6. The van der Waals surface area contributed by atoms with Crippen molar-refractivity contribution in [3.63, 3.8) is 0 Å². The average Bonchev–Trinajstić information content (AvgIpc) is 2.46. The minimum absolute atomic E-state index is 0.543. The van der Waals surface area contributed by atoms with Crippen LogP contribution in [0.2, 0.25) is 0 Å². The molecule has 0 atom stereocenters. The Kier molecular flexibility index (Phi) is 4.55. The molecule has 19 heavy (non-hydrogen) atoms. The Bertz CT molecular complexity index is 391. The maximum Gasteiger partial charge on any atom is 0.145 e. The second-order valence-electron chi connectivity index (χ2n) is 5.17. The van der Waals surface area contributed by atoms with Crippen molar-refractivity contribution in [2.75, 3.05) is 37.5 Å². The predicted molar refractivity (Wildman–Crippen MR) is 78.1 cm³/mol. The van der Waals surface area contributed by atoms with Crippen LogP contribution >= 0.6 is 0 Å². The number of piperidine rings is 1. The van der Waals surface area contributed by atoms with Crippen LogP contribution in [0.4, 0.5) is 11.6 Å². The second-order valence-corrected chi connectivity index (χ2v) is 5.17. The number of rotatable bonds is 4. The molecule has 0 saturated carbocycles. The summed E-state index contributed by atoms with van der Waals surface area (Å²) in [5.41, 5.74) is 2.62. The van der Waals surface area contributed by atoms with Crippen LogP contribution < -0.4 is 16.2 Å². The van der Waals surface area contributed by atoms with Crippen molar-refractivity contribution in [2.45, 2.75) is 32.2 Å². The van der Waals surface area contributed by atoms with Crippen molar-refractivity contribution in [1.29, 1.82) is 0 Å². The van der Waals surface area contributed by atoms with E-state index in [4.69, 9.17) is 5.84 Å². The van der Waals surface area contributed by atoms with Gasteiger partial charge in [-0.3, -0.25) is 0 Å². The standard InChI is InChI=1S/C13H24N6/c1-4-11-15-12(17-14)9-13(16-11)19(3)10-5-7-18(2)8-6-10/h9-10H,4-8,14H2,1-3H3,(H,15,16,17). The summed E-state index contributed by atoms with van der Waals surface area (Å²) in [5, 5.41) is 0. The zero-order chi connectivity index (χ0) is 13.8. The number of nitrogens with two attached hydrogens (primary N) is 1. The molecule has 106 valence electrons. The number of hydrogen-bond donors (Lipinski definition) is 2. The molecule has 1 fully saturated rings. The lowest BCUT2D eigenvalue weighted by molar-refractivity contribution is 0.252. The summed E-state index contributed by atoms with van der Waals surface area (Å²) in [5.74, 6) is 7.93. The van der Waals surface area contributed by atoms with Gasteiger partial charge in [-0.25, -0.2) is 15.8 Å². The predicted octanol–water partition coefficient (Wildman–Crippen LogP) is 0.855. The van der Waals surface area contributed by atoms with Gasteiger partial charge in [0, 0.05) is 25.6 Å². The number of nitrogens with zero attached hydrogens (tertiary/aromatic N) is 4. The number of aromatic nitrogens is 2. The first-order valence-electron chi connectivity index (χ1n) is 6.90. The van der Waals surface area contributed by atoms with Crippen LogP contribution in [0.25, 0.3) is 0 Å². The van der Waals surface area contributed by atoms with E-state index >= 15 is 0 Å². The van der Waals surface area contributed by atoms with Crippen molar-refractivity contribution in [3.8, 4) is 0 Å². The smallest absolute Gasteiger partial charge is 0.145 e. The van der Waals surface area contributed by atoms with Crippen LogP contribution in [0, 0.1) is 0 Å². The molecule has 0 spiro atoms. The fourth-order valence-electron chi connectivity index (χ4n) is 2.47. The zero-order valence-electron chi connectivity index (χ0n) is 12.1. The van der Waals surface area contributed by atoms with Gasteiger partial charge in [-0.2, -0.15) is 0 Å². The van der Waals surface area contributed by atoms with Crippen LogP contribution in [0.1, 0.15) is 25.6 Å². The van der Waals surface area contributed by atoms with Gasteiger partial charge in [0.25, 0.3) is 0 Å². The summed E-state index contributed by atoms with van der Waals surface area (Å²) in [6.07, 6.45) is 3.15. The molecule has 6 nitrogen and oxygen atoms in total. The highest BCUT2D eigenvalue weighted by Crippen LogP contribution is 2.22. The molecule has 1 aromatic heterocycles. The highest BCUT2D eigenvalue weighted by atomic mass is 15.3. The van der Waals surface area contributed by atoms with Crippen LogP contribution in [0.15, 0.2) is 6.07 Å². The van der Waals surface area contributed by atoms with E-state index in [0.717, 1.165) is 31.2 Å². The number of hydrogen-bond acceptors (Lipinski definition) is 6. The molecule has 3 N–H and O–H groups in total. The Labute approximate surface area is 115 Å². The van der Waals surface area contributed by atoms with Crippen molar-refractivity contribution in [3.05, 3.63) is 11.9 Å². The van der Waals surface area contributed by atoms with E-state index in [-0.39, 0.29) is 0 Å². The minimum atomic E-state index is 0.543. The largest absolute Gasteiger partial charge is 0.356 e. The molecule has 2 heterocycles. The van der Waals surface area contributed by atoms with E-state index in [1.165, 1.54) is 12.8 Å². The number of nitrogen functional groups attached to an aromatic ring is 1. The molecule has 1 aliphatic heterocycles. The number of hydrazine groups is 1. The molecule has 1 aromatic rings. The molecule has 2 rings (SSSR count). The first-order chi connectivity index (χ1) is 9.13. The number of nitrogens with one attached hydrogen (secondary N) is 1. The molecule has 0 bridgehead atoms. The average molecular weight is 264 g/mol. The second kappa shape index (κ2) is 6.16. The molecule has 0 aliphatic carbocycles. The molecule has 0 radical (unpaired) electrons. The van der Waals surface area contributed by atoms with Gasteiger partial charge in [0.2, 0.25) is 0 Å². The van der Waals surface area contributed by atoms with E-state index in [0.29, 0.717) is 11.9 Å². The molecular weight excluding hydrogens is 240 g/mol. The van der Waals surface area contributed by atoms with Gasteiger partial charge in [-0.15, -0.1) is 0 Å². The third kappa shape index (κ3) is 3.33. The van der Waals surface area contributed by atoms with Crippen LogP contribution in [0.3, 0.4) is 0 Å². The van der Waals surface area contributed by atoms with Crippen molar-refractivity contribution >= 4 is 11.6 Å². The molecule has 6 heteroatoms. The summed E-state index contributed by atoms with van der Waals surface area (Å²) < 4.78 is 0. The third-order valence-electron chi connectivity index (χ3n) is 3.82. The van der Waals surface area contributed by atoms with Gasteiger partial charge in [0.05, 0.1) is 0 Å². The van der Waals surface area contributed by atoms with Gasteiger partial charge >= 0.3 is 0 Å². The Morgan fingerprint density at radius 2 is 2.11 bits per heavy atom. The quantitative estimate of drug-likeness (QED) is 0.621. The highest BCUT2D eigenvalue weighted by molar-refractivity contribution is 5.49. The van der Waals surface area contributed by atoms with Crippen LogP contribution in [-0.2, 0) is 6.42 Å². The van der Waals surface area contributed by atoms with E-state index < -0.39 is 0 Å². The Morgan fingerprint density at radius 3 is 2.68 bits per heavy atom. The highest BCUT2D eigenvalue weighted by Gasteiger charge is 2.22. The van der Waals surface area contributed by atoms with Gasteiger partial charge in [-0.1, -0.05) is 6.92 Å². The SMILES string of the molecule is CCc1nc(NN)cc(N(C)C2CCN(C)CC2)n1. The van der Waals surface area contributed by atoms with Gasteiger partial charge in [-0.05, 0) is 33.0 Å². The maximum atomic E-state index is 5.47. The first-order valence-corrected chi connectivity index (χ1v) is 6.90. The lowest BCUT2D eigenvalue weighted by atomic mass is 10.0. The minimum Gasteiger partial charge on any atom is -0.356 e. The summed E-state index contributed by atoms with van der Waals surface area (Å²) in [7, 11) is 4.28. The molecule has 0 unspecified atom stereocenters. The van der Waals surface area contributed by atoms with Crippen molar-refractivity contribution < 1.29 is 0 Å². The number of anilines is 2. The first kappa shape index (κ1) is 14.0. The maximum absolute atomic E-state index is 5.47. The van der Waals surface area contributed by atoms with Crippen molar-refractivity contribution in [1.82, 2.24) is 14.9 Å². The third-order valence-corrected chi connectivity index (χ3v) is 3.82. The molecule has 0 amide bonds. The molecular formula is C13H24N6. The monoisotopic (exact) mass is 264 g/mol. The van der Waals surface area contributed by atoms with E-state index in [1.54, 1.807) is 0 Å². The van der Waals surface area contributed by atoms with Gasteiger partial charge in [0.1, 0.15) is 17.5 Å². The van der Waals surface area contributed by atoms with E-state index in [1.807, 2.05) is 6.07 Å². The lowest BCUT2D eigenvalue weighted by Gasteiger charge is -2.35. The van der Waals surface area contributed by atoms with Gasteiger partial charge in [0.15, 0.2) is 0 Å². The zero-order valence-corrected chi connectivity index (χ0v) is 12.1. The molecule has 0 aromatic carbocycles. The lowest BCUT2D eigenvalue weighted by Crippen LogP contribution is -2.42. The molecule has 1 aliphatic rings. The normalized spacial score (nSPS) is 17.5. The number of likely N-dealkylation sites (tertiary alicyclic amines) is 1. The fourth-order valence-corrected chi connectivity index (χ4v) is 2.47. The van der Waals surface area contributed by atoms with E-state index in [9.17, 15) is 0 Å².